The monoisotopic (exact) mass is 317 g/mol. The Morgan fingerprint density at radius 1 is 1.20 bits per heavy atom. The van der Waals surface area contributed by atoms with Gasteiger partial charge >= 0.3 is 0 Å². The molecule has 0 heterocycles. The quantitative estimate of drug-likeness (QED) is 0.841. The molecule has 0 aliphatic heterocycles. The van der Waals surface area contributed by atoms with Crippen molar-refractivity contribution in [2.45, 2.75) is 44.0 Å². The fraction of sp³-hybridized carbons (Fsp3) is 0.500. The number of carbonyl (C=O) groups is 1. The molecule has 1 rings (SSSR count). The molecule has 112 valence electrons. The van der Waals surface area contributed by atoms with Crippen LogP contribution in [0.2, 0.25) is 5.02 Å². The van der Waals surface area contributed by atoms with Gasteiger partial charge in [-0.15, -0.1) is 0 Å². The number of rotatable bonds is 7. The maximum atomic E-state index is 12.0. The zero-order valence-electron chi connectivity index (χ0n) is 11.7. The lowest BCUT2D eigenvalue weighted by molar-refractivity contribution is -0.121. The van der Waals surface area contributed by atoms with E-state index in [1.165, 1.54) is 24.3 Å². The van der Waals surface area contributed by atoms with E-state index in [4.69, 9.17) is 11.6 Å². The summed E-state index contributed by atoms with van der Waals surface area (Å²) in [6.45, 7) is 3.97. The van der Waals surface area contributed by atoms with Gasteiger partial charge in [-0.1, -0.05) is 25.4 Å². The highest BCUT2D eigenvalue weighted by Gasteiger charge is 2.17. The molecule has 0 fully saturated rings. The Morgan fingerprint density at radius 2 is 1.75 bits per heavy atom. The molecule has 0 spiro atoms. The summed E-state index contributed by atoms with van der Waals surface area (Å²) in [5, 5.41) is 3.31. The number of hydrogen-bond donors (Lipinski definition) is 1. The average Bonchev–Trinajstić information content (AvgIpc) is 2.43. The molecule has 1 N–H and O–H groups in total. The number of sulfone groups is 1. The van der Waals surface area contributed by atoms with Crippen molar-refractivity contribution < 1.29 is 13.2 Å². The van der Waals surface area contributed by atoms with Crippen LogP contribution >= 0.6 is 11.6 Å². The summed E-state index contributed by atoms with van der Waals surface area (Å²) in [6.07, 6.45) is 1.65. The third-order valence-corrected chi connectivity index (χ3v) is 5.11. The SMILES string of the molecule is CCC(CC)NC(=O)CCS(=O)(=O)c1ccc(Cl)cc1. The molecule has 0 radical (unpaired) electrons. The van der Waals surface area contributed by atoms with Crippen molar-refractivity contribution in [1.82, 2.24) is 5.32 Å². The summed E-state index contributed by atoms with van der Waals surface area (Å²) in [5.74, 6) is -0.420. The van der Waals surface area contributed by atoms with E-state index >= 15 is 0 Å². The Balaban J connectivity index is 2.60. The summed E-state index contributed by atoms with van der Waals surface area (Å²) < 4.78 is 24.1. The van der Waals surface area contributed by atoms with Gasteiger partial charge < -0.3 is 5.32 Å². The van der Waals surface area contributed by atoms with E-state index in [1.54, 1.807) is 0 Å². The number of carbonyl (C=O) groups excluding carboxylic acids is 1. The second kappa shape index (κ2) is 7.64. The lowest BCUT2D eigenvalue weighted by Gasteiger charge is -2.14. The molecule has 0 bridgehead atoms. The highest BCUT2D eigenvalue weighted by atomic mass is 35.5. The predicted octanol–water partition coefficient (Wildman–Crippen LogP) is 2.81. The highest BCUT2D eigenvalue weighted by molar-refractivity contribution is 7.91. The van der Waals surface area contributed by atoms with E-state index in [-0.39, 0.29) is 29.0 Å². The topological polar surface area (TPSA) is 63.2 Å². The van der Waals surface area contributed by atoms with Gasteiger partial charge in [0.15, 0.2) is 9.84 Å². The number of amides is 1. The highest BCUT2D eigenvalue weighted by Crippen LogP contribution is 2.16. The van der Waals surface area contributed by atoms with E-state index in [9.17, 15) is 13.2 Å². The second-order valence-corrected chi connectivity index (χ2v) is 7.15. The van der Waals surface area contributed by atoms with E-state index in [1.807, 2.05) is 13.8 Å². The molecule has 1 aromatic carbocycles. The summed E-state index contributed by atoms with van der Waals surface area (Å²) in [4.78, 5) is 11.9. The van der Waals surface area contributed by atoms with Gasteiger partial charge in [0, 0.05) is 17.5 Å². The fourth-order valence-electron chi connectivity index (χ4n) is 1.78. The van der Waals surface area contributed by atoms with Crippen LogP contribution in [0.1, 0.15) is 33.1 Å². The van der Waals surface area contributed by atoms with Crippen LogP contribution in [0.3, 0.4) is 0 Å². The van der Waals surface area contributed by atoms with Crippen molar-refractivity contribution in [2.75, 3.05) is 5.75 Å². The molecule has 0 aliphatic carbocycles. The summed E-state index contributed by atoms with van der Waals surface area (Å²) in [7, 11) is -3.44. The fourth-order valence-corrected chi connectivity index (χ4v) is 3.15. The molecule has 0 atom stereocenters. The lowest BCUT2D eigenvalue weighted by atomic mass is 10.2. The minimum absolute atomic E-state index is 0.0263. The number of hydrogen-bond acceptors (Lipinski definition) is 3. The van der Waals surface area contributed by atoms with Crippen LogP contribution < -0.4 is 5.32 Å². The van der Waals surface area contributed by atoms with Gasteiger partial charge in [-0.2, -0.15) is 0 Å². The van der Waals surface area contributed by atoms with Crippen LogP contribution in [0.25, 0.3) is 0 Å². The Bertz CT molecular complexity index is 536. The zero-order valence-corrected chi connectivity index (χ0v) is 13.3. The molecular weight excluding hydrogens is 298 g/mol. The number of nitrogens with one attached hydrogen (secondary N) is 1. The van der Waals surface area contributed by atoms with Gasteiger partial charge in [-0.3, -0.25) is 4.79 Å². The van der Waals surface area contributed by atoms with E-state index < -0.39 is 9.84 Å². The van der Waals surface area contributed by atoms with Crippen molar-refractivity contribution in [2.24, 2.45) is 0 Å². The summed E-state index contributed by atoms with van der Waals surface area (Å²) >= 11 is 5.72. The second-order valence-electron chi connectivity index (χ2n) is 4.60. The van der Waals surface area contributed by atoms with Crippen molar-refractivity contribution in [3.8, 4) is 0 Å². The van der Waals surface area contributed by atoms with Crippen molar-refractivity contribution in [1.29, 1.82) is 0 Å². The average molecular weight is 318 g/mol. The van der Waals surface area contributed by atoms with Crippen molar-refractivity contribution in [3.63, 3.8) is 0 Å². The van der Waals surface area contributed by atoms with Gasteiger partial charge in [-0.05, 0) is 37.1 Å². The molecule has 6 heteroatoms. The van der Waals surface area contributed by atoms with Crippen LogP contribution in [0.5, 0.6) is 0 Å². The third-order valence-electron chi connectivity index (χ3n) is 3.12. The minimum Gasteiger partial charge on any atom is -0.353 e. The van der Waals surface area contributed by atoms with Gasteiger partial charge in [0.05, 0.1) is 10.6 Å². The van der Waals surface area contributed by atoms with Crippen LogP contribution in [0.4, 0.5) is 0 Å². The molecule has 4 nitrogen and oxygen atoms in total. The van der Waals surface area contributed by atoms with Crippen LogP contribution in [-0.2, 0) is 14.6 Å². The molecule has 0 aromatic heterocycles. The Morgan fingerprint density at radius 3 is 2.25 bits per heavy atom. The minimum atomic E-state index is -3.44. The lowest BCUT2D eigenvalue weighted by Crippen LogP contribution is -2.34. The number of benzene rings is 1. The largest absolute Gasteiger partial charge is 0.353 e. The standard InChI is InChI=1S/C14H20ClNO3S/c1-3-12(4-2)16-14(17)9-10-20(18,19)13-7-5-11(15)6-8-13/h5-8,12H,3-4,9-10H2,1-2H3,(H,16,17). The first-order valence-corrected chi connectivity index (χ1v) is 8.69. The van der Waals surface area contributed by atoms with Crippen LogP contribution in [0, 0.1) is 0 Å². The maximum Gasteiger partial charge on any atom is 0.221 e. The first-order chi connectivity index (χ1) is 9.39. The first kappa shape index (κ1) is 17.0. The van der Waals surface area contributed by atoms with Crippen LogP contribution in [-0.4, -0.2) is 26.1 Å². The van der Waals surface area contributed by atoms with Gasteiger partial charge in [0.1, 0.15) is 0 Å². The third kappa shape index (κ3) is 5.13. The molecule has 20 heavy (non-hydrogen) atoms. The molecular formula is C14H20ClNO3S. The predicted molar refractivity (Wildman–Crippen MR) is 80.6 cm³/mol. The number of halogens is 1. The summed E-state index contributed by atoms with van der Waals surface area (Å²) in [5.41, 5.74) is 0. The Labute approximate surface area is 125 Å². The molecule has 0 saturated heterocycles. The van der Waals surface area contributed by atoms with E-state index in [0.717, 1.165) is 12.8 Å². The Hall–Kier alpha value is -1.07. The van der Waals surface area contributed by atoms with Crippen LogP contribution in [0.15, 0.2) is 29.2 Å². The van der Waals surface area contributed by atoms with E-state index in [0.29, 0.717) is 5.02 Å². The smallest absolute Gasteiger partial charge is 0.221 e. The summed E-state index contributed by atoms with van der Waals surface area (Å²) in [6, 6.07) is 6.07. The molecule has 0 aliphatic rings. The van der Waals surface area contributed by atoms with Gasteiger partial charge in [0.25, 0.3) is 0 Å². The Kier molecular flexibility index (Phi) is 6.49. The molecule has 0 unspecified atom stereocenters. The molecule has 0 saturated carbocycles. The maximum absolute atomic E-state index is 12.0. The van der Waals surface area contributed by atoms with Crippen molar-refractivity contribution in [3.05, 3.63) is 29.3 Å². The zero-order chi connectivity index (χ0) is 15.2. The normalized spacial score (nSPS) is 11.6. The first-order valence-electron chi connectivity index (χ1n) is 6.66. The van der Waals surface area contributed by atoms with E-state index in [2.05, 4.69) is 5.32 Å². The van der Waals surface area contributed by atoms with Gasteiger partial charge in [0.2, 0.25) is 5.91 Å². The molecule has 1 amide bonds. The van der Waals surface area contributed by atoms with Crippen molar-refractivity contribution >= 4 is 27.3 Å². The van der Waals surface area contributed by atoms with Gasteiger partial charge in [-0.25, -0.2) is 8.42 Å². The molecule has 1 aromatic rings.